The van der Waals surface area contributed by atoms with E-state index in [9.17, 15) is 4.79 Å². The van der Waals surface area contributed by atoms with Gasteiger partial charge in [-0.3, -0.25) is 9.79 Å². The Morgan fingerprint density at radius 1 is 1.28 bits per heavy atom. The maximum Gasteiger partial charge on any atom is 0.223 e. The van der Waals surface area contributed by atoms with Crippen LogP contribution in [0.3, 0.4) is 0 Å². The van der Waals surface area contributed by atoms with Crippen molar-refractivity contribution in [2.75, 3.05) is 27.2 Å². The number of rotatable bonds is 4. The lowest BCUT2D eigenvalue weighted by atomic mass is 10.1. The molecule has 0 aromatic rings. The summed E-state index contributed by atoms with van der Waals surface area (Å²) in [4.78, 5) is 17.3. The quantitative estimate of drug-likeness (QED) is 0.447. The second-order valence-corrected chi connectivity index (χ2v) is 5.17. The van der Waals surface area contributed by atoms with E-state index in [1.807, 2.05) is 6.92 Å². The van der Waals surface area contributed by atoms with Crippen LogP contribution in [0, 0.1) is 0 Å². The minimum Gasteiger partial charge on any atom is -0.357 e. The van der Waals surface area contributed by atoms with Crippen molar-refractivity contribution in [1.29, 1.82) is 0 Å². The highest BCUT2D eigenvalue weighted by Crippen LogP contribution is 1.98. The van der Waals surface area contributed by atoms with E-state index in [4.69, 9.17) is 0 Å². The average molecular weight is 370 g/mol. The van der Waals surface area contributed by atoms with Gasteiger partial charge in [0.15, 0.2) is 5.96 Å². The van der Waals surface area contributed by atoms with Crippen LogP contribution in [-0.4, -0.2) is 49.5 Å². The summed E-state index contributed by atoms with van der Waals surface area (Å²) in [5.74, 6) is 0.854. The van der Waals surface area contributed by atoms with Gasteiger partial charge >= 0.3 is 0 Å². The maximum atomic E-state index is 11.4. The van der Waals surface area contributed by atoms with E-state index in [-0.39, 0.29) is 35.4 Å². The van der Waals surface area contributed by atoms with Crippen molar-refractivity contribution in [2.24, 2.45) is 4.99 Å². The summed E-state index contributed by atoms with van der Waals surface area (Å²) in [7, 11) is 3.51. The van der Waals surface area contributed by atoms with Crippen LogP contribution in [0.15, 0.2) is 4.99 Å². The largest absolute Gasteiger partial charge is 0.357 e. The molecule has 0 aliphatic carbocycles. The van der Waals surface area contributed by atoms with Crippen LogP contribution in [0.5, 0.6) is 0 Å². The number of nitrogens with zero attached hydrogens (tertiary/aromatic N) is 2. The Hall–Kier alpha value is -0.530. The Labute approximate surface area is 128 Å². The fourth-order valence-corrected chi connectivity index (χ4v) is 1.15. The molecule has 0 bridgehead atoms. The maximum absolute atomic E-state index is 11.4. The molecule has 18 heavy (non-hydrogen) atoms. The molecule has 0 atom stereocenters. The van der Waals surface area contributed by atoms with E-state index in [0.717, 1.165) is 12.5 Å². The molecule has 0 unspecified atom stereocenters. The zero-order valence-corrected chi connectivity index (χ0v) is 14.7. The zero-order valence-electron chi connectivity index (χ0n) is 12.3. The molecule has 0 saturated heterocycles. The lowest BCUT2D eigenvalue weighted by Crippen LogP contribution is -2.47. The summed E-state index contributed by atoms with van der Waals surface area (Å²) in [5, 5.41) is 6.43. The molecular formula is C12H27IN4O. The molecule has 0 aromatic heterocycles. The molecule has 1 amide bonds. The van der Waals surface area contributed by atoms with E-state index in [1.54, 1.807) is 19.0 Å². The third-order valence-electron chi connectivity index (χ3n) is 1.93. The van der Waals surface area contributed by atoms with Crippen molar-refractivity contribution in [3.63, 3.8) is 0 Å². The Kier molecular flexibility index (Phi) is 10.3. The van der Waals surface area contributed by atoms with Gasteiger partial charge in [0.1, 0.15) is 0 Å². The van der Waals surface area contributed by atoms with Crippen LogP contribution in [0.4, 0.5) is 0 Å². The third-order valence-corrected chi connectivity index (χ3v) is 1.93. The number of guanidine groups is 1. The van der Waals surface area contributed by atoms with Crippen molar-refractivity contribution < 1.29 is 4.79 Å². The Morgan fingerprint density at radius 3 is 2.22 bits per heavy atom. The van der Waals surface area contributed by atoms with Crippen LogP contribution in [-0.2, 0) is 4.79 Å². The fourth-order valence-electron chi connectivity index (χ4n) is 1.15. The molecule has 5 nitrogen and oxygen atoms in total. The standard InChI is InChI=1S/C12H26N4O.HI/c1-7-13-11(15-12(2,3)4)14-9-8-10(17)16(5)6;/h7-9H2,1-6H3,(H2,13,14,15);1H. The first-order chi connectivity index (χ1) is 7.76. The lowest BCUT2D eigenvalue weighted by Gasteiger charge is -2.23. The second kappa shape index (κ2) is 9.41. The normalized spacial score (nSPS) is 11.6. The molecule has 108 valence electrons. The predicted molar refractivity (Wildman–Crippen MR) is 87.6 cm³/mol. The van der Waals surface area contributed by atoms with Gasteiger partial charge in [0.25, 0.3) is 0 Å². The molecule has 6 heteroatoms. The first-order valence-corrected chi connectivity index (χ1v) is 6.03. The van der Waals surface area contributed by atoms with Crippen LogP contribution in [0.2, 0.25) is 0 Å². The summed E-state index contributed by atoms with van der Waals surface area (Å²) in [5.41, 5.74) is -0.0352. The van der Waals surface area contributed by atoms with Crippen molar-refractivity contribution in [2.45, 2.75) is 39.7 Å². The number of nitrogens with one attached hydrogen (secondary N) is 2. The van der Waals surface area contributed by atoms with Gasteiger partial charge in [-0.15, -0.1) is 24.0 Å². The predicted octanol–water partition coefficient (Wildman–Crippen LogP) is 1.44. The fraction of sp³-hybridized carbons (Fsp3) is 0.833. The van der Waals surface area contributed by atoms with E-state index in [1.165, 1.54) is 0 Å². The molecule has 0 aliphatic heterocycles. The molecule has 0 aromatic carbocycles. The van der Waals surface area contributed by atoms with Crippen LogP contribution >= 0.6 is 24.0 Å². The number of halogens is 1. The summed E-state index contributed by atoms with van der Waals surface area (Å²) in [6.45, 7) is 9.55. The topological polar surface area (TPSA) is 56.7 Å². The molecule has 0 rings (SSSR count). The molecular weight excluding hydrogens is 343 g/mol. The summed E-state index contributed by atoms with van der Waals surface area (Å²) >= 11 is 0. The van der Waals surface area contributed by atoms with Crippen LogP contribution < -0.4 is 10.6 Å². The van der Waals surface area contributed by atoms with E-state index in [0.29, 0.717) is 13.0 Å². The summed E-state index contributed by atoms with van der Waals surface area (Å²) < 4.78 is 0. The zero-order chi connectivity index (χ0) is 13.5. The van der Waals surface area contributed by atoms with Crippen molar-refractivity contribution in [3.05, 3.63) is 0 Å². The van der Waals surface area contributed by atoms with Crippen LogP contribution in [0.1, 0.15) is 34.1 Å². The van der Waals surface area contributed by atoms with Gasteiger partial charge in [-0.05, 0) is 27.7 Å². The van der Waals surface area contributed by atoms with Gasteiger partial charge in [0.2, 0.25) is 5.91 Å². The summed E-state index contributed by atoms with van der Waals surface area (Å²) in [6, 6.07) is 0. The molecule has 0 spiro atoms. The monoisotopic (exact) mass is 370 g/mol. The van der Waals surface area contributed by atoms with Gasteiger partial charge in [-0.25, -0.2) is 0 Å². The molecule has 0 fully saturated rings. The SMILES string of the molecule is CCNC(=NCCC(=O)N(C)C)NC(C)(C)C.I. The van der Waals surface area contributed by atoms with Crippen molar-refractivity contribution >= 4 is 35.8 Å². The number of hydrogen-bond donors (Lipinski definition) is 2. The van der Waals surface area contributed by atoms with Crippen molar-refractivity contribution in [1.82, 2.24) is 15.5 Å². The van der Waals surface area contributed by atoms with Gasteiger partial charge < -0.3 is 15.5 Å². The van der Waals surface area contributed by atoms with Gasteiger partial charge in [0, 0.05) is 32.6 Å². The van der Waals surface area contributed by atoms with Crippen molar-refractivity contribution in [3.8, 4) is 0 Å². The highest BCUT2D eigenvalue weighted by Gasteiger charge is 2.11. The van der Waals surface area contributed by atoms with E-state index >= 15 is 0 Å². The average Bonchev–Trinajstić information content (AvgIpc) is 2.15. The van der Waals surface area contributed by atoms with Gasteiger partial charge in [0.05, 0.1) is 6.54 Å². The van der Waals surface area contributed by atoms with Gasteiger partial charge in [-0.1, -0.05) is 0 Å². The first kappa shape index (κ1) is 19.8. The number of amides is 1. The Bertz CT molecular complexity index is 272. The highest BCUT2D eigenvalue weighted by molar-refractivity contribution is 14.0. The highest BCUT2D eigenvalue weighted by atomic mass is 127. The van der Waals surface area contributed by atoms with Crippen LogP contribution in [0.25, 0.3) is 0 Å². The Balaban J connectivity index is 0. The number of carbonyl (C=O) groups excluding carboxylic acids is 1. The Morgan fingerprint density at radius 2 is 1.83 bits per heavy atom. The van der Waals surface area contributed by atoms with E-state index in [2.05, 4.69) is 36.4 Å². The molecule has 0 heterocycles. The number of aliphatic imine (C=N–C) groups is 1. The number of hydrogen-bond acceptors (Lipinski definition) is 2. The third kappa shape index (κ3) is 10.6. The molecule has 2 N–H and O–H groups in total. The molecule has 0 aliphatic rings. The van der Waals surface area contributed by atoms with Gasteiger partial charge in [-0.2, -0.15) is 0 Å². The van der Waals surface area contributed by atoms with E-state index < -0.39 is 0 Å². The minimum absolute atomic E-state index is 0. The molecule has 0 radical (unpaired) electrons. The first-order valence-electron chi connectivity index (χ1n) is 6.03. The minimum atomic E-state index is -0.0352. The second-order valence-electron chi connectivity index (χ2n) is 5.17. The smallest absolute Gasteiger partial charge is 0.223 e. The number of carbonyl (C=O) groups is 1. The lowest BCUT2D eigenvalue weighted by molar-refractivity contribution is -0.128. The summed E-state index contributed by atoms with van der Waals surface area (Å²) in [6.07, 6.45) is 0.438. The molecule has 0 saturated carbocycles.